The Morgan fingerprint density at radius 1 is 1.00 bits per heavy atom. The number of amides is 1. The molecule has 2 N–H and O–H groups in total. The van der Waals surface area contributed by atoms with Crippen molar-refractivity contribution in [1.29, 1.82) is 0 Å². The van der Waals surface area contributed by atoms with Crippen LogP contribution in [-0.2, 0) is 11.3 Å². The van der Waals surface area contributed by atoms with Gasteiger partial charge in [0, 0.05) is 29.4 Å². The molecule has 1 amide bonds. The van der Waals surface area contributed by atoms with Crippen molar-refractivity contribution in [1.82, 2.24) is 19.4 Å². The Morgan fingerprint density at radius 3 is 2.48 bits per heavy atom. The molecule has 0 atom stereocenters. The number of anilines is 2. The number of rotatable bonds is 6. The molecule has 7 nitrogen and oxygen atoms in total. The van der Waals surface area contributed by atoms with E-state index in [4.69, 9.17) is 11.6 Å². The lowest BCUT2D eigenvalue weighted by atomic mass is 10.2. The van der Waals surface area contributed by atoms with Crippen LogP contribution >= 0.6 is 11.6 Å². The lowest BCUT2D eigenvalue weighted by Gasteiger charge is -2.06. The SMILES string of the molecule is Clc1ccccc1.O=C(Nc1cc(NCc2cn3cc(C4CC4)ccc3n2)ncn1)C1CC1. The highest BCUT2D eigenvalue weighted by molar-refractivity contribution is 6.30. The summed E-state index contributed by atoms with van der Waals surface area (Å²) in [4.78, 5) is 24.8. The second-order valence-corrected chi connectivity index (χ2v) is 8.87. The maximum Gasteiger partial charge on any atom is 0.228 e. The first-order valence-electron chi connectivity index (χ1n) is 11.2. The van der Waals surface area contributed by atoms with E-state index in [1.54, 1.807) is 6.07 Å². The van der Waals surface area contributed by atoms with E-state index >= 15 is 0 Å². The van der Waals surface area contributed by atoms with Gasteiger partial charge in [-0.1, -0.05) is 35.9 Å². The fraction of sp³-hybridized carbons (Fsp3) is 0.280. The molecular formula is C25H25ClN6O. The third-order valence-electron chi connectivity index (χ3n) is 5.62. The van der Waals surface area contributed by atoms with Crippen molar-refractivity contribution in [3.8, 4) is 0 Å². The van der Waals surface area contributed by atoms with Gasteiger partial charge in [-0.3, -0.25) is 4.79 Å². The molecule has 1 aromatic carbocycles. The molecule has 2 aliphatic rings. The Bertz CT molecular complexity index is 1250. The summed E-state index contributed by atoms with van der Waals surface area (Å²) in [6.07, 6.45) is 10.2. The summed E-state index contributed by atoms with van der Waals surface area (Å²) >= 11 is 5.54. The summed E-state index contributed by atoms with van der Waals surface area (Å²) < 4.78 is 2.09. The summed E-state index contributed by atoms with van der Waals surface area (Å²) in [6.45, 7) is 0.563. The van der Waals surface area contributed by atoms with Crippen LogP contribution in [-0.4, -0.2) is 25.3 Å². The molecule has 4 aromatic rings. The van der Waals surface area contributed by atoms with Crippen molar-refractivity contribution >= 4 is 34.8 Å². The average Bonchev–Trinajstić information content (AvgIpc) is 3.75. The number of nitrogens with zero attached hydrogens (tertiary/aromatic N) is 4. The van der Waals surface area contributed by atoms with E-state index in [1.807, 2.05) is 36.5 Å². The largest absolute Gasteiger partial charge is 0.364 e. The molecule has 168 valence electrons. The number of hydrogen-bond donors (Lipinski definition) is 2. The number of carbonyl (C=O) groups is 1. The number of imidazole rings is 1. The highest BCUT2D eigenvalue weighted by Gasteiger charge is 2.29. The lowest BCUT2D eigenvalue weighted by Crippen LogP contribution is -2.14. The van der Waals surface area contributed by atoms with Gasteiger partial charge >= 0.3 is 0 Å². The maximum absolute atomic E-state index is 11.8. The lowest BCUT2D eigenvalue weighted by molar-refractivity contribution is -0.117. The standard InChI is InChI=1S/C19H20N6O.C6H5Cl/c26-19(13-3-4-13)24-17-7-16(21-11-22-17)20-8-15-10-25-9-14(12-1-2-12)5-6-18(25)23-15;7-6-4-2-1-3-5-6/h5-7,9-13H,1-4,8H2,(H2,20,21,22,24,26);1-5H. The van der Waals surface area contributed by atoms with Crippen LogP contribution < -0.4 is 10.6 Å². The number of halogens is 1. The van der Waals surface area contributed by atoms with Gasteiger partial charge in [-0.2, -0.15) is 0 Å². The number of benzene rings is 1. The van der Waals surface area contributed by atoms with E-state index in [-0.39, 0.29) is 11.8 Å². The maximum atomic E-state index is 11.8. The van der Waals surface area contributed by atoms with Gasteiger partial charge in [0.05, 0.1) is 12.2 Å². The zero-order valence-electron chi connectivity index (χ0n) is 18.1. The quantitative estimate of drug-likeness (QED) is 0.407. The van der Waals surface area contributed by atoms with Gasteiger partial charge < -0.3 is 15.0 Å². The molecule has 0 radical (unpaired) electrons. The fourth-order valence-corrected chi connectivity index (χ4v) is 3.64. The van der Waals surface area contributed by atoms with E-state index in [9.17, 15) is 4.79 Å². The molecule has 0 spiro atoms. The van der Waals surface area contributed by atoms with Crippen LogP contribution in [0.2, 0.25) is 5.02 Å². The number of fused-ring (bicyclic) bond motifs is 1. The summed E-state index contributed by atoms with van der Waals surface area (Å²) in [5.74, 6) is 2.13. The molecular weight excluding hydrogens is 436 g/mol. The molecule has 2 fully saturated rings. The van der Waals surface area contributed by atoms with Crippen LogP contribution in [0.1, 0.15) is 42.9 Å². The second-order valence-electron chi connectivity index (χ2n) is 8.44. The predicted molar refractivity (Wildman–Crippen MR) is 129 cm³/mol. The van der Waals surface area contributed by atoms with Crippen LogP contribution in [0, 0.1) is 5.92 Å². The Balaban J connectivity index is 0.000000281. The minimum atomic E-state index is 0.0430. The summed E-state index contributed by atoms with van der Waals surface area (Å²) in [7, 11) is 0. The first-order chi connectivity index (χ1) is 16.1. The number of hydrogen-bond acceptors (Lipinski definition) is 5. The van der Waals surface area contributed by atoms with Crippen LogP contribution in [0.25, 0.3) is 5.65 Å². The molecule has 33 heavy (non-hydrogen) atoms. The Kier molecular flexibility index (Phi) is 6.21. The van der Waals surface area contributed by atoms with E-state index in [2.05, 4.69) is 48.3 Å². The van der Waals surface area contributed by atoms with E-state index < -0.39 is 0 Å². The smallest absolute Gasteiger partial charge is 0.228 e. The zero-order valence-corrected chi connectivity index (χ0v) is 18.9. The first-order valence-corrected chi connectivity index (χ1v) is 11.6. The summed E-state index contributed by atoms with van der Waals surface area (Å²) in [6, 6.07) is 15.4. The molecule has 8 heteroatoms. The van der Waals surface area contributed by atoms with Gasteiger partial charge in [-0.25, -0.2) is 15.0 Å². The minimum Gasteiger partial charge on any atom is -0.364 e. The molecule has 6 rings (SSSR count). The number of aromatic nitrogens is 4. The molecule has 3 heterocycles. The summed E-state index contributed by atoms with van der Waals surface area (Å²) in [5, 5.41) is 6.88. The van der Waals surface area contributed by atoms with Gasteiger partial charge in [0.1, 0.15) is 23.6 Å². The van der Waals surface area contributed by atoms with Crippen molar-refractivity contribution in [3.05, 3.63) is 83.5 Å². The molecule has 0 unspecified atom stereocenters. The molecule has 2 saturated carbocycles. The van der Waals surface area contributed by atoms with E-state index in [1.165, 1.54) is 24.7 Å². The van der Waals surface area contributed by atoms with Crippen molar-refractivity contribution in [2.24, 2.45) is 5.92 Å². The topological polar surface area (TPSA) is 84.2 Å². The van der Waals surface area contributed by atoms with E-state index in [0.717, 1.165) is 35.1 Å². The third-order valence-corrected chi connectivity index (χ3v) is 5.87. The van der Waals surface area contributed by atoms with Gasteiger partial charge in [0.25, 0.3) is 0 Å². The Hall–Kier alpha value is -3.45. The van der Waals surface area contributed by atoms with Crippen LogP contribution in [0.5, 0.6) is 0 Å². The molecule has 3 aromatic heterocycles. The molecule has 0 bridgehead atoms. The molecule has 0 aliphatic heterocycles. The third kappa shape index (κ3) is 5.87. The van der Waals surface area contributed by atoms with Gasteiger partial charge in [0.15, 0.2) is 0 Å². The minimum absolute atomic E-state index is 0.0430. The van der Waals surface area contributed by atoms with Crippen molar-refractivity contribution < 1.29 is 4.79 Å². The van der Waals surface area contributed by atoms with Gasteiger partial charge in [-0.15, -0.1) is 0 Å². The predicted octanol–water partition coefficient (Wildman–Crippen LogP) is 5.30. The van der Waals surface area contributed by atoms with Crippen molar-refractivity contribution in [2.45, 2.75) is 38.1 Å². The fourth-order valence-electron chi connectivity index (χ4n) is 3.50. The van der Waals surface area contributed by atoms with Crippen molar-refractivity contribution in [3.63, 3.8) is 0 Å². The Labute approximate surface area is 197 Å². The number of carbonyl (C=O) groups excluding carboxylic acids is 1. The zero-order chi connectivity index (χ0) is 22.6. The van der Waals surface area contributed by atoms with Gasteiger partial charge in [-0.05, 0) is 55.4 Å². The highest BCUT2D eigenvalue weighted by Crippen LogP contribution is 2.39. The number of pyridine rings is 1. The second kappa shape index (κ2) is 9.58. The average molecular weight is 461 g/mol. The highest BCUT2D eigenvalue weighted by atomic mass is 35.5. The van der Waals surface area contributed by atoms with Gasteiger partial charge in [0.2, 0.25) is 5.91 Å². The first kappa shape index (κ1) is 21.4. The Morgan fingerprint density at radius 2 is 1.79 bits per heavy atom. The van der Waals surface area contributed by atoms with Crippen molar-refractivity contribution in [2.75, 3.05) is 10.6 Å². The van der Waals surface area contributed by atoms with E-state index in [0.29, 0.717) is 18.2 Å². The van der Waals surface area contributed by atoms with Crippen LogP contribution in [0.15, 0.2) is 67.3 Å². The number of nitrogens with one attached hydrogen (secondary N) is 2. The molecule has 0 saturated heterocycles. The van der Waals surface area contributed by atoms with Crippen LogP contribution in [0.4, 0.5) is 11.6 Å². The van der Waals surface area contributed by atoms with Crippen LogP contribution in [0.3, 0.4) is 0 Å². The monoisotopic (exact) mass is 460 g/mol. The molecule has 2 aliphatic carbocycles. The normalized spacial score (nSPS) is 14.9. The summed E-state index contributed by atoms with van der Waals surface area (Å²) in [5.41, 5.74) is 3.28.